The fourth-order valence-electron chi connectivity index (χ4n) is 2.87. The number of rotatable bonds is 5. The van der Waals surface area contributed by atoms with Crippen molar-refractivity contribution in [3.05, 3.63) is 65.6 Å². The van der Waals surface area contributed by atoms with Gasteiger partial charge in [0, 0.05) is 21.8 Å². The van der Waals surface area contributed by atoms with E-state index in [1.807, 2.05) is 25.1 Å². The minimum Gasteiger partial charge on any atom is -0.306 e. The van der Waals surface area contributed by atoms with Gasteiger partial charge in [0.25, 0.3) is 5.91 Å². The fourth-order valence-corrected chi connectivity index (χ4v) is 4.66. The number of anilines is 1. The molecule has 0 aliphatic carbocycles. The molecule has 0 bridgehead atoms. The van der Waals surface area contributed by atoms with Crippen LogP contribution < -0.4 is 5.32 Å². The summed E-state index contributed by atoms with van der Waals surface area (Å²) >= 11 is 3.06. The summed E-state index contributed by atoms with van der Waals surface area (Å²) in [6.45, 7) is 6.09. The molecule has 1 N–H and O–H groups in total. The summed E-state index contributed by atoms with van der Waals surface area (Å²) in [6.07, 6.45) is 0. The molecular formula is C21H19FN4OS2. The van der Waals surface area contributed by atoms with Crippen LogP contribution in [-0.2, 0) is 0 Å². The molecule has 0 saturated carbocycles. The molecule has 0 aliphatic rings. The smallest absolute Gasteiger partial charge is 0.256 e. The number of thiazole rings is 1. The SMILES string of the molecule is Cc1cc(NC(=O)c2ccc(SC(C)C)cc2)n(-c2nc3c(F)cccc3s2)n1. The van der Waals surface area contributed by atoms with Crippen molar-refractivity contribution in [1.29, 1.82) is 0 Å². The van der Waals surface area contributed by atoms with Gasteiger partial charge in [0.05, 0.1) is 10.4 Å². The van der Waals surface area contributed by atoms with E-state index in [9.17, 15) is 9.18 Å². The predicted molar refractivity (Wildman–Crippen MR) is 117 cm³/mol. The van der Waals surface area contributed by atoms with Crippen molar-refractivity contribution in [2.45, 2.75) is 30.9 Å². The van der Waals surface area contributed by atoms with Crippen molar-refractivity contribution in [1.82, 2.24) is 14.8 Å². The van der Waals surface area contributed by atoms with Crippen molar-refractivity contribution >= 4 is 45.0 Å². The molecule has 2 aromatic carbocycles. The van der Waals surface area contributed by atoms with Crippen molar-refractivity contribution in [3.63, 3.8) is 0 Å². The third kappa shape index (κ3) is 4.18. The number of thioether (sulfide) groups is 1. The van der Waals surface area contributed by atoms with E-state index in [0.29, 0.717) is 27.3 Å². The minimum absolute atomic E-state index is 0.237. The maximum absolute atomic E-state index is 14.0. The summed E-state index contributed by atoms with van der Waals surface area (Å²) in [5, 5.41) is 8.29. The van der Waals surface area contributed by atoms with Crippen molar-refractivity contribution < 1.29 is 9.18 Å². The van der Waals surface area contributed by atoms with E-state index >= 15 is 0 Å². The summed E-state index contributed by atoms with van der Waals surface area (Å²) in [4.78, 5) is 18.2. The number of aromatic nitrogens is 3. The highest BCUT2D eigenvalue weighted by Gasteiger charge is 2.16. The molecule has 1 amide bonds. The number of hydrogen-bond donors (Lipinski definition) is 1. The van der Waals surface area contributed by atoms with Crippen LogP contribution in [0.2, 0.25) is 0 Å². The largest absolute Gasteiger partial charge is 0.306 e. The molecule has 2 heterocycles. The van der Waals surface area contributed by atoms with E-state index in [4.69, 9.17) is 0 Å². The third-order valence-electron chi connectivity index (χ3n) is 4.10. The Morgan fingerprint density at radius 2 is 1.97 bits per heavy atom. The zero-order valence-corrected chi connectivity index (χ0v) is 17.8. The van der Waals surface area contributed by atoms with Crippen LogP contribution in [0.5, 0.6) is 0 Å². The molecule has 5 nitrogen and oxygen atoms in total. The van der Waals surface area contributed by atoms with Crippen molar-refractivity contribution in [2.75, 3.05) is 5.32 Å². The average molecular weight is 427 g/mol. The van der Waals surface area contributed by atoms with Crippen LogP contribution in [0.1, 0.15) is 29.9 Å². The molecule has 0 atom stereocenters. The van der Waals surface area contributed by atoms with Crippen molar-refractivity contribution in [3.8, 4) is 5.13 Å². The zero-order valence-electron chi connectivity index (χ0n) is 16.1. The molecule has 29 heavy (non-hydrogen) atoms. The fraction of sp³-hybridized carbons (Fsp3) is 0.190. The zero-order chi connectivity index (χ0) is 20.5. The van der Waals surface area contributed by atoms with Crippen LogP contribution in [-0.4, -0.2) is 25.9 Å². The maximum atomic E-state index is 14.0. The highest BCUT2D eigenvalue weighted by Crippen LogP contribution is 2.29. The van der Waals surface area contributed by atoms with Gasteiger partial charge in [-0.3, -0.25) is 4.79 Å². The standard InChI is InChI=1S/C21H19FN4OS2/c1-12(2)28-15-9-7-14(8-10-15)20(27)23-18-11-13(3)25-26(18)21-24-19-16(22)5-4-6-17(19)29-21/h4-12H,1-3H3,(H,23,27). The first-order valence-electron chi connectivity index (χ1n) is 9.11. The first-order valence-corrected chi connectivity index (χ1v) is 10.8. The number of carbonyl (C=O) groups is 1. The van der Waals surface area contributed by atoms with E-state index in [1.165, 1.54) is 17.4 Å². The van der Waals surface area contributed by atoms with Gasteiger partial charge in [-0.1, -0.05) is 31.3 Å². The Hall–Kier alpha value is -2.71. The van der Waals surface area contributed by atoms with Crippen LogP contribution in [0.25, 0.3) is 15.3 Å². The maximum Gasteiger partial charge on any atom is 0.256 e. The second-order valence-electron chi connectivity index (χ2n) is 6.81. The van der Waals surface area contributed by atoms with E-state index in [0.717, 1.165) is 15.3 Å². The highest BCUT2D eigenvalue weighted by molar-refractivity contribution is 7.99. The second-order valence-corrected chi connectivity index (χ2v) is 9.47. The summed E-state index contributed by atoms with van der Waals surface area (Å²) in [6, 6.07) is 14.1. The van der Waals surface area contributed by atoms with E-state index in [1.54, 1.807) is 40.7 Å². The van der Waals surface area contributed by atoms with Gasteiger partial charge in [-0.05, 0) is 43.3 Å². The van der Waals surface area contributed by atoms with Crippen LogP contribution in [0.4, 0.5) is 10.2 Å². The first kappa shape index (κ1) is 19.6. The molecule has 8 heteroatoms. The monoisotopic (exact) mass is 426 g/mol. The van der Waals surface area contributed by atoms with Crippen LogP contribution >= 0.6 is 23.1 Å². The number of hydrogen-bond acceptors (Lipinski definition) is 5. The Morgan fingerprint density at radius 1 is 1.21 bits per heavy atom. The molecule has 2 aromatic heterocycles. The van der Waals surface area contributed by atoms with Gasteiger partial charge in [-0.15, -0.1) is 11.8 Å². The highest BCUT2D eigenvalue weighted by atomic mass is 32.2. The second kappa shape index (κ2) is 7.96. The van der Waals surface area contributed by atoms with E-state index in [-0.39, 0.29) is 11.7 Å². The van der Waals surface area contributed by atoms with Gasteiger partial charge in [-0.25, -0.2) is 9.37 Å². The number of benzene rings is 2. The topological polar surface area (TPSA) is 59.8 Å². The molecular weight excluding hydrogens is 407 g/mol. The molecule has 0 saturated heterocycles. The number of para-hydroxylation sites is 1. The predicted octanol–water partition coefficient (Wildman–Crippen LogP) is 5.68. The van der Waals surface area contributed by atoms with Gasteiger partial charge in [0.1, 0.15) is 17.2 Å². The molecule has 148 valence electrons. The average Bonchev–Trinajstić information content (AvgIpc) is 3.26. The number of nitrogens with zero attached hydrogens (tertiary/aromatic N) is 3. The minimum atomic E-state index is -0.376. The molecule has 0 radical (unpaired) electrons. The first-order chi connectivity index (χ1) is 13.9. The summed E-state index contributed by atoms with van der Waals surface area (Å²) < 4.78 is 16.3. The normalized spacial score (nSPS) is 11.3. The lowest BCUT2D eigenvalue weighted by atomic mass is 10.2. The lowest BCUT2D eigenvalue weighted by molar-refractivity contribution is 0.102. The van der Waals surface area contributed by atoms with Gasteiger partial charge < -0.3 is 5.32 Å². The Bertz CT molecular complexity index is 1180. The number of nitrogens with one attached hydrogen (secondary N) is 1. The number of carbonyl (C=O) groups excluding carboxylic acids is 1. The quantitative estimate of drug-likeness (QED) is 0.417. The molecule has 4 aromatic rings. The lowest BCUT2D eigenvalue weighted by Gasteiger charge is -2.08. The lowest BCUT2D eigenvalue weighted by Crippen LogP contribution is -2.15. The van der Waals surface area contributed by atoms with Gasteiger partial charge in [-0.2, -0.15) is 9.78 Å². The van der Waals surface area contributed by atoms with E-state index in [2.05, 4.69) is 29.2 Å². The van der Waals surface area contributed by atoms with Crippen molar-refractivity contribution in [2.24, 2.45) is 0 Å². The Kier molecular flexibility index (Phi) is 5.38. The number of fused-ring (bicyclic) bond motifs is 1. The van der Waals surface area contributed by atoms with E-state index < -0.39 is 0 Å². The van der Waals surface area contributed by atoms with Crippen LogP contribution in [0, 0.1) is 12.7 Å². The number of halogens is 1. The Balaban J connectivity index is 1.61. The van der Waals surface area contributed by atoms with Crippen LogP contribution in [0.15, 0.2) is 53.4 Å². The molecule has 0 fully saturated rings. The molecule has 0 spiro atoms. The molecule has 0 aliphatic heterocycles. The Labute approximate surface area is 176 Å². The summed E-state index contributed by atoms with van der Waals surface area (Å²) in [7, 11) is 0. The summed E-state index contributed by atoms with van der Waals surface area (Å²) in [5.41, 5.74) is 1.58. The number of amides is 1. The molecule has 4 rings (SSSR count). The van der Waals surface area contributed by atoms with Crippen LogP contribution in [0.3, 0.4) is 0 Å². The molecule has 0 unspecified atom stereocenters. The van der Waals surface area contributed by atoms with Gasteiger partial charge in [0.15, 0.2) is 0 Å². The van der Waals surface area contributed by atoms with Gasteiger partial charge >= 0.3 is 0 Å². The Morgan fingerprint density at radius 3 is 2.66 bits per heavy atom. The summed E-state index contributed by atoms with van der Waals surface area (Å²) in [5.74, 6) is -0.119. The third-order valence-corrected chi connectivity index (χ3v) is 6.11. The van der Waals surface area contributed by atoms with Gasteiger partial charge in [0.2, 0.25) is 5.13 Å². The number of aryl methyl sites for hydroxylation is 1.